The van der Waals surface area contributed by atoms with Crippen molar-refractivity contribution in [2.75, 3.05) is 18.9 Å². The Bertz CT molecular complexity index is 543. The second kappa shape index (κ2) is 6.87. The summed E-state index contributed by atoms with van der Waals surface area (Å²) in [5.74, 6) is 1.00. The zero-order valence-corrected chi connectivity index (χ0v) is 14.6. The average molecular weight is 319 g/mol. The van der Waals surface area contributed by atoms with Gasteiger partial charge in [-0.2, -0.15) is 0 Å². The molecule has 23 heavy (non-hydrogen) atoms. The highest BCUT2D eigenvalue weighted by Crippen LogP contribution is 2.41. The molecule has 0 unspecified atom stereocenters. The fourth-order valence-corrected chi connectivity index (χ4v) is 3.31. The van der Waals surface area contributed by atoms with Gasteiger partial charge in [0.2, 0.25) is 0 Å². The summed E-state index contributed by atoms with van der Waals surface area (Å²) in [6, 6.07) is 3.47. The molecule has 3 N–H and O–H groups in total. The summed E-state index contributed by atoms with van der Waals surface area (Å²) in [6.07, 6.45) is 5.28. The summed E-state index contributed by atoms with van der Waals surface area (Å²) in [7, 11) is 1.60. The second-order valence-electron chi connectivity index (χ2n) is 7.70. The van der Waals surface area contributed by atoms with Crippen LogP contribution in [0.5, 0.6) is 0 Å². The first-order chi connectivity index (χ1) is 10.7. The third-order valence-corrected chi connectivity index (χ3v) is 5.01. The highest BCUT2D eigenvalue weighted by molar-refractivity contribution is 5.98. The minimum atomic E-state index is -0.723. The van der Waals surface area contributed by atoms with Gasteiger partial charge in [-0.15, -0.1) is 0 Å². The van der Waals surface area contributed by atoms with Gasteiger partial charge in [0.1, 0.15) is 5.82 Å². The molecule has 5 heteroatoms. The van der Waals surface area contributed by atoms with Crippen molar-refractivity contribution in [1.29, 1.82) is 0 Å². The molecule has 128 valence electrons. The summed E-state index contributed by atoms with van der Waals surface area (Å²) in [4.78, 5) is 16.1. The maximum Gasteiger partial charge on any atom is 0.254 e. The van der Waals surface area contributed by atoms with Crippen LogP contribution in [0.25, 0.3) is 0 Å². The van der Waals surface area contributed by atoms with Crippen LogP contribution in [0.4, 0.5) is 5.82 Å². The number of anilines is 1. The lowest BCUT2D eigenvalue weighted by Crippen LogP contribution is -2.43. The van der Waals surface area contributed by atoms with Crippen LogP contribution in [-0.4, -0.2) is 35.2 Å². The molecule has 1 heterocycles. The van der Waals surface area contributed by atoms with E-state index in [1.807, 2.05) is 0 Å². The second-order valence-corrected chi connectivity index (χ2v) is 7.70. The third kappa shape index (κ3) is 4.44. The predicted molar refractivity (Wildman–Crippen MR) is 92.5 cm³/mol. The molecule has 0 spiro atoms. The molecular formula is C18H29N3O2. The third-order valence-electron chi connectivity index (χ3n) is 5.01. The van der Waals surface area contributed by atoms with E-state index >= 15 is 0 Å². The van der Waals surface area contributed by atoms with E-state index in [4.69, 9.17) is 0 Å². The number of nitrogens with one attached hydrogen (secondary N) is 2. The summed E-state index contributed by atoms with van der Waals surface area (Å²) >= 11 is 0. The number of carbonyl (C=O) groups is 1. The number of hydrogen-bond donors (Lipinski definition) is 3. The van der Waals surface area contributed by atoms with Crippen molar-refractivity contribution in [3.63, 3.8) is 0 Å². The van der Waals surface area contributed by atoms with Gasteiger partial charge in [-0.3, -0.25) is 4.79 Å². The zero-order chi connectivity index (χ0) is 17.1. The maximum atomic E-state index is 11.9. The van der Waals surface area contributed by atoms with E-state index < -0.39 is 5.60 Å². The van der Waals surface area contributed by atoms with E-state index in [9.17, 15) is 9.90 Å². The molecule has 1 aromatic rings. The van der Waals surface area contributed by atoms with Crippen LogP contribution in [0, 0.1) is 11.3 Å². The molecule has 5 nitrogen and oxygen atoms in total. The highest BCUT2D eigenvalue weighted by Gasteiger charge is 2.37. The Labute approximate surface area is 138 Å². The molecule has 2 rings (SSSR count). The van der Waals surface area contributed by atoms with Gasteiger partial charge in [0.15, 0.2) is 0 Å². The van der Waals surface area contributed by atoms with Gasteiger partial charge in [-0.05, 0) is 49.1 Å². The average Bonchev–Trinajstić information content (AvgIpc) is 2.52. The molecule has 0 bridgehead atoms. The number of carbonyl (C=O) groups excluding carboxylic acids is 1. The summed E-state index contributed by atoms with van der Waals surface area (Å²) in [5, 5.41) is 16.6. The Morgan fingerprint density at radius 1 is 1.39 bits per heavy atom. The van der Waals surface area contributed by atoms with Crippen LogP contribution >= 0.6 is 0 Å². The number of hydrogen-bond acceptors (Lipinski definition) is 4. The SMILES string of the molecule is CNC(=O)c1cccnc1NCC1(O)CCC(C(C)(C)C)CC1. The van der Waals surface area contributed by atoms with Crippen molar-refractivity contribution in [3.05, 3.63) is 23.9 Å². The van der Waals surface area contributed by atoms with Crippen LogP contribution in [0.2, 0.25) is 0 Å². The molecule has 0 atom stereocenters. The van der Waals surface area contributed by atoms with Gasteiger partial charge in [-0.1, -0.05) is 20.8 Å². The molecule has 0 aromatic carbocycles. The normalized spacial score (nSPS) is 25.0. The molecule has 0 saturated heterocycles. The molecule has 1 saturated carbocycles. The minimum Gasteiger partial charge on any atom is -0.388 e. The van der Waals surface area contributed by atoms with Crippen LogP contribution in [0.1, 0.15) is 56.8 Å². The van der Waals surface area contributed by atoms with E-state index in [0.29, 0.717) is 29.3 Å². The van der Waals surface area contributed by atoms with Crippen LogP contribution in [0.3, 0.4) is 0 Å². The number of pyridine rings is 1. The van der Waals surface area contributed by atoms with Gasteiger partial charge in [0.05, 0.1) is 11.2 Å². The lowest BCUT2D eigenvalue weighted by molar-refractivity contribution is -0.0144. The van der Waals surface area contributed by atoms with Gasteiger partial charge in [0, 0.05) is 19.8 Å². The summed E-state index contributed by atoms with van der Waals surface area (Å²) in [6.45, 7) is 7.22. The lowest BCUT2D eigenvalue weighted by Gasteiger charge is -2.41. The van der Waals surface area contributed by atoms with E-state index in [0.717, 1.165) is 25.7 Å². The molecule has 1 amide bonds. The first-order valence-corrected chi connectivity index (χ1v) is 8.38. The molecule has 1 aliphatic rings. The largest absolute Gasteiger partial charge is 0.388 e. The number of aliphatic hydroxyl groups is 1. The quantitative estimate of drug-likeness (QED) is 0.798. The molecular weight excluding hydrogens is 290 g/mol. The van der Waals surface area contributed by atoms with Gasteiger partial charge in [0.25, 0.3) is 5.91 Å². The van der Waals surface area contributed by atoms with Crippen molar-refractivity contribution in [2.24, 2.45) is 11.3 Å². The molecule has 1 fully saturated rings. The van der Waals surface area contributed by atoms with Crippen molar-refractivity contribution >= 4 is 11.7 Å². The van der Waals surface area contributed by atoms with E-state index in [-0.39, 0.29) is 5.91 Å². The molecule has 0 aliphatic heterocycles. The first kappa shape index (κ1) is 17.7. The van der Waals surface area contributed by atoms with Gasteiger partial charge < -0.3 is 15.7 Å². The van der Waals surface area contributed by atoms with Crippen LogP contribution in [0.15, 0.2) is 18.3 Å². The Hall–Kier alpha value is -1.62. The topological polar surface area (TPSA) is 74.2 Å². The molecule has 1 aromatic heterocycles. The van der Waals surface area contributed by atoms with Gasteiger partial charge in [-0.25, -0.2) is 4.98 Å². The number of rotatable bonds is 4. The van der Waals surface area contributed by atoms with Crippen LogP contribution in [-0.2, 0) is 0 Å². The van der Waals surface area contributed by atoms with Crippen molar-refractivity contribution < 1.29 is 9.90 Å². The smallest absolute Gasteiger partial charge is 0.254 e. The van der Waals surface area contributed by atoms with E-state index in [1.54, 1.807) is 25.4 Å². The molecule has 1 aliphatic carbocycles. The van der Waals surface area contributed by atoms with Crippen LogP contribution < -0.4 is 10.6 Å². The fourth-order valence-electron chi connectivity index (χ4n) is 3.31. The van der Waals surface area contributed by atoms with E-state index in [1.165, 1.54) is 0 Å². The number of amides is 1. The van der Waals surface area contributed by atoms with Crippen molar-refractivity contribution in [3.8, 4) is 0 Å². The lowest BCUT2D eigenvalue weighted by atomic mass is 9.68. The van der Waals surface area contributed by atoms with Crippen molar-refractivity contribution in [2.45, 2.75) is 52.1 Å². The van der Waals surface area contributed by atoms with Gasteiger partial charge >= 0.3 is 0 Å². The fraction of sp³-hybridized carbons (Fsp3) is 0.667. The summed E-state index contributed by atoms with van der Waals surface area (Å²) in [5.41, 5.74) is 0.0726. The number of aromatic nitrogens is 1. The predicted octanol–water partition coefficient (Wildman–Crippen LogP) is 2.82. The Morgan fingerprint density at radius 2 is 2.04 bits per heavy atom. The Kier molecular flexibility index (Phi) is 5.30. The minimum absolute atomic E-state index is 0.177. The standard InChI is InChI=1S/C18H29N3O2/c1-17(2,3)13-7-9-18(23,10-8-13)12-21-15-14(16(22)19-4)6-5-11-20-15/h5-6,11,13,23H,7-10,12H2,1-4H3,(H,19,22)(H,20,21). The highest BCUT2D eigenvalue weighted by atomic mass is 16.3. The van der Waals surface area contributed by atoms with E-state index in [2.05, 4.69) is 36.4 Å². The van der Waals surface area contributed by atoms with Crippen molar-refractivity contribution in [1.82, 2.24) is 10.3 Å². The Balaban J connectivity index is 1.98. The first-order valence-electron chi connectivity index (χ1n) is 8.38. The zero-order valence-electron chi connectivity index (χ0n) is 14.6. The summed E-state index contributed by atoms with van der Waals surface area (Å²) < 4.78 is 0. The molecule has 0 radical (unpaired) electrons. The maximum absolute atomic E-state index is 11.9. The Morgan fingerprint density at radius 3 is 2.61 bits per heavy atom. The number of nitrogens with zero attached hydrogens (tertiary/aromatic N) is 1. The monoisotopic (exact) mass is 319 g/mol.